The first-order chi connectivity index (χ1) is 17.3. The molecule has 4 rings (SSSR count). The van der Waals surface area contributed by atoms with Gasteiger partial charge < -0.3 is 24.4 Å². The Bertz CT molecular complexity index is 1330. The van der Waals surface area contributed by atoms with Crippen molar-refractivity contribution in [1.29, 1.82) is 0 Å². The van der Waals surface area contributed by atoms with Crippen LogP contribution in [-0.4, -0.2) is 67.5 Å². The van der Waals surface area contributed by atoms with Crippen molar-refractivity contribution in [2.24, 2.45) is 0 Å². The molecule has 3 aromatic carbocycles. The zero-order valence-corrected chi connectivity index (χ0v) is 20.7. The number of nitrogens with zero attached hydrogens (tertiary/aromatic N) is 2. The largest absolute Gasteiger partial charge is 0.507 e. The highest BCUT2D eigenvalue weighted by Crippen LogP contribution is 2.40. The molecule has 1 atom stereocenters. The van der Waals surface area contributed by atoms with E-state index in [0.29, 0.717) is 36.6 Å². The summed E-state index contributed by atoms with van der Waals surface area (Å²) in [5.41, 5.74) is 1.26. The molecule has 3 aromatic rings. The third-order valence-corrected chi connectivity index (χ3v) is 6.21. The van der Waals surface area contributed by atoms with E-state index in [-0.39, 0.29) is 11.3 Å². The zero-order chi connectivity index (χ0) is 25.8. The fourth-order valence-electron chi connectivity index (χ4n) is 4.32. The predicted molar refractivity (Wildman–Crippen MR) is 140 cm³/mol. The van der Waals surface area contributed by atoms with Crippen molar-refractivity contribution >= 4 is 28.2 Å². The molecule has 0 saturated carbocycles. The maximum absolute atomic E-state index is 13.2. The summed E-state index contributed by atoms with van der Waals surface area (Å²) in [6, 6.07) is 17.5. The van der Waals surface area contributed by atoms with E-state index in [1.165, 1.54) is 4.90 Å². The molecule has 1 unspecified atom stereocenters. The summed E-state index contributed by atoms with van der Waals surface area (Å²) in [6.07, 6.45) is 1.66. The van der Waals surface area contributed by atoms with Gasteiger partial charge in [0, 0.05) is 18.7 Å². The minimum absolute atomic E-state index is 0.0753. The number of ether oxygens (including phenoxy) is 2. The quantitative estimate of drug-likeness (QED) is 0.209. The van der Waals surface area contributed by atoms with Crippen LogP contribution >= 0.6 is 0 Å². The maximum atomic E-state index is 13.2. The smallest absolute Gasteiger partial charge is 0.295 e. The van der Waals surface area contributed by atoms with Gasteiger partial charge in [-0.05, 0) is 60.8 Å². The van der Waals surface area contributed by atoms with E-state index < -0.39 is 17.7 Å². The zero-order valence-electron chi connectivity index (χ0n) is 20.7. The number of methoxy groups -OCH3 is 1. The SMILES string of the molecule is C=CCOc1ccc(C2/C(=C(\O)c3ccc4cc(OC)ccc4c3)C(=O)C(=O)N2CCN(C)C)cc1. The second-order valence-electron chi connectivity index (χ2n) is 8.89. The molecular formula is C29H30N2O5. The highest BCUT2D eigenvalue weighted by molar-refractivity contribution is 6.46. The van der Waals surface area contributed by atoms with E-state index in [2.05, 4.69) is 6.58 Å². The third-order valence-electron chi connectivity index (χ3n) is 6.21. The summed E-state index contributed by atoms with van der Waals surface area (Å²) in [7, 11) is 5.41. The number of aliphatic hydroxyl groups is 1. The van der Waals surface area contributed by atoms with Crippen molar-refractivity contribution in [3.8, 4) is 11.5 Å². The lowest BCUT2D eigenvalue weighted by molar-refractivity contribution is -0.140. The number of aliphatic hydroxyl groups excluding tert-OH is 1. The molecule has 1 heterocycles. The molecule has 36 heavy (non-hydrogen) atoms. The normalized spacial score (nSPS) is 17.1. The number of carbonyl (C=O) groups is 2. The van der Waals surface area contributed by atoms with Gasteiger partial charge in [0.15, 0.2) is 0 Å². The molecule has 1 amide bonds. The summed E-state index contributed by atoms with van der Waals surface area (Å²) < 4.78 is 10.9. The van der Waals surface area contributed by atoms with E-state index in [1.54, 1.807) is 37.5 Å². The first-order valence-corrected chi connectivity index (χ1v) is 11.7. The van der Waals surface area contributed by atoms with Crippen molar-refractivity contribution in [3.63, 3.8) is 0 Å². The molecule has 7 nitrogen and oxygen atoms in total. The molecule has 1 fully saturated rings. The molecule has 7 heteroatoms. The minimum Gasteiger partial charge on any atom is -0.507 e. The average Bonchev–Trinajstić information content (AvgIpc) is 3.14. The van der Waals surface area contributed by atoms with Crippen LogP contribution in [0.1, 0.15) is 17.2 Å². The number of carbonyl (C=O) groups excluding carboxylic acids is 2. The monoisotopic (exact) mass is 486 g/mol. The minimum atomic E-state index is -0.718. The Labute approximate surface area is 210 Å². The van der Waals surface area contributed by atoms with Crippen molar-refractivity contribution in [3.05, 3.63) is 90.0 Å². The van der Waals surface area contributed by atoms with Crippen LogP contribution in [-0.2, 0) is 9.59 Å². The van der Waals surface area contributed by atoms with E-state index in [4.69, 9.17) is 9.47 Å². The molecule has 0 bridgehead atoms. The molecular weight excluding hydrogens is 456 g/mol. The van der Waals surface area contributed by atoms with E-state index in [9.17, 15) is 14.7 Å². The Morgan fingerprint density at radius 3 is 2.36 bits per heavy atom. The van der Waals surface area contributed by atoms with Crippen molar-refractivity contribution < 1.29 is 24.2 Å². The number of likely N-dealkylation sites (N-methyl/N-ethyl adjacent to an activating group) is 1. The van der Waals surface area contributed by atoms with Gasteiger partial charge in [0.2, 0.25) is 0 Å². The fourth-order valence-corrected chi connectivity index (χ4v) is 4.32. The van der Waals surface area contributed by atoms with Crippen LogP contribution in [0, 0.1) is 0 Å². The maximum Gasteiger partial charge on any atom is 0.295 e. The van der Waals surface area contributed by atoms with Crippen LogP contribution in [0.3, 0.4) is 0 Å². The summed E-state index contributed by atoms with van der Waals surface area (Å²) in [5.74, 6) is -0.144. The van der Waals surface area contributed by atoms with Gasteiger partial charge in [0.25, 0.3) is 11.7 Å². The summed E-state index contributed by atoms with van der Waals surface area (Å²) in [4.78, 5) is 29.8. The lowest BCUT2D eigenvalue weighted by Gasteiger charge is -2.26. The van der Waals surface area contributed by atoms with E-state index in [0.717, 1.165) is 16.5 Å². The Balaban J connectivity index is 1.80. The van der Waals surface area contributed by atoms with Gasteiger partial charge in [-0.1, -0.05) is 43.0 Å². The summed E-state index contributed by atoms with van der Waals surface area (Å²) >= 11 is 0. The number of fused-ring (bicyclic) bond motifs is 1. The molecule has 0 spiro atoms. The lowest BCUT2D eigenvalue weighted by atomic mass is 9.94. The molecule has 1 N–H and O–H groups in total. The van der Waals surface area contributed by atoms with Crippen molar-refractivity contribution in [2.45, 2.75) is 6.04 Å². The van der Waals surface area contributed by atoms with Crippen LogP contribution in [0.15, 0.2) is 78.9 Å². The fraction of sp³-hybridized carbons (Fsp3) is 0.241. The van der Waals surface area contributed by atoms with Crippen molar-refractivity contribution in [1.82, 2.24) is 9.80 Å². The van der Waals surface area contributed by atoms with Gasteiger partial charge in [0.1, 0.15) is 23.9 Å². The number of hydrogen-bond acceptors (Lipinski definition) is 6. The number of amides is 1. The standard InChI is InChI=1S/C29H30N2O5/c1-5-16-36-23-11-8-19(9-12-23)26-25(28(33)29(34)31(26)15-14-30(2)3)27(32)22-7-6-21-18-24(35-4)13-10-20(21)17-22/h5-13,17-18,26,32H,1,14-16H2,2-4H3/b27-25+. The first kappa shape index (κ1) is 25.0. The van der Waals surface area contributed by atoms with Crippen LogP contribution < -0.4 is 9.47 Å². The van der Waals surface area contributed by atoms with Crippen LogP contribution in [0.25, 0.3) is 16.5 Å². The van der Waals surface area contributed by atoms with Crippen LogP contribution in [0.5, 0.6) is 11.5 Å². The second kappa shape index (κ2) is 10.7. The molecule has 0 radical (unpaired) electrons. The summed E-state index contributed by atoms with van der Waals surface area (Å²) in [6.45, 7) is 4.93. The molecule has 1 saturated heterocycles. The number of likely N-dealkylation sites (tertiary alicyclic amines) is 1. The lowest BCUT2D eigenvalue weighted by Crippen LogP contribution is -2.35. The van der Waals surface area contributed by atoms with Gasteiger partial charge in [-0.2, -0.15) is 0 Å². The Hall–Kier alpha value is -4.10. The van der Waals surface area contributed by atoms with Gasteiger partial charge in [-0.15, -0.1) is 0 Å². The van der Waals surface area contributed by atoms with Gasteiger partial charge in [-0.25, -0.2) is 0 Å². The second-order valence-corrected chi connectivity index (χ2v) is 8.89. The average molecular weight is 487 g/mol. The Kier molecular flexibility index (Phi) is 7.41. The number of Topliss-reactive ketones (excluding diaryl/α,β-unsaturated/α-hetero) is 1. The highest BCUT2D eigenvalue weighted by Gasteiger charge is 2.45. The van der Waals surface area contributed by atoms with Crippen LogP contribution in [0.2, 0.25) is 0 Å². The number of rotatable bonds is 9. The van der Waals surface area contributed by atoms with Gasteiger partial charge in [0.05, 0.1) is 18.7 Å². The molecule has 1 aliphatic rings. The van der Waals surface area contributed by atoms with Gasteiger partial charge >= 0.3 is 0 Å². The summed E-state index contributed by atoms with van der Waals surface area (Å²) in [5, 5.41) is 13.2. The number of ketones is 1. The Morgan fingerprint density at radius 2 is 1.69 bits per heavy atom. The molecule has 0 aromatic heterocycles. The van der Waals surface area contributed by atoms with E-state index in [1.807, 2.05) is 55.4 Å². The number of benzene rings is 3. The third kappa shape index (κ3) is 4.97. The van der Waals surface area contributed by atoms with Crippen molar-refractivity contribution in [2.75, 3.05) is 40.9 Å². The van der Waals surface area contributed by atoms with Crippen LogP contribution in [0.4, 0.5) is 0 Å². The molecule has 1 aliphatic heterocycles. The highest BCUT2D eigenvalue weighted by atomic mass is 16.5. The van der Waals surface area contributed by atoms with E-state index >= 15 is 0 Å². The molecule has 186 valence electrons. The Morgan fingerprint density at radius 1 is 1.03 bits per heavy atom. The number of hydrogen-bond donors (Lipinski definition) is 1. The topological polar surface area (TPSA) is 79.3 Å². The molecule has 0 aliphatic carbocycles. The van der Waals surface area contributed by atoms with Gasteiger partial charge in [-0.3, -0.25) is 9.59 Å². The first-order valence-electron chi connectivity index (χ1n) is 11.7. The predicted octanol–water partition coefficient (Wildman–Crippen LogP) is 4.40.